The molecule has 0 spiro atoms. The Morgan fingerprint density at radius 1 is 1.30 bits per heavy atom. The number of nitrogens with one attached hydrogen (secondary N) is 1. The highest BCUT2D eigenvalue weighted by atomic mass is 32.2. The molecule has 1 amide bonds. The minimum Gasteiger partial charge on any atom is -0.744 e. The van der Waals surface area contributed by atoms with Gasteiger partial charge in [0.25, 0.3) is 0 Å². The molecule has 0 aliphatic carbocycles. The van der Waals surface area contributed by atoms with Gasteiger partial charge in [-0.15, -0.1) is 0 Å². The van der Waals surface area contributed by atoms with Crippen molar-refractivity contribution < 1.29 is 22.5 Å². The van der Waals surface area contributed by atoms with Gasteiger partial charge in [-0.2, -0.15) is 0 Å². The molecule has 0 aromatic carbocycles. The summed E-state index contributed by atoms with van der Waals surface area (Å²) in [4.78, 5) is 11.6. The van der Waals surface area contributed by atoms with Crippen LogP contribution in [0.3, 0.4) is 0 Å². The maximum absolute atomic E-state index is 11.6. The van der Waals surface area contributed by atoms with E-state index < -0.39 is 27.9 Å². The Labute approximate surface area is 121 Å². The monoisotopic (exact) mass is 306 g/mol. The third-order valence-corrected chi connectivity index (χ3v) is 2.73. The van der Waals surface area contributed by atoms with Crippen LogP contribution in [0, 0.1) is 5.92 Å². The van der Waals surface area contributed by atoms with Crippen molar-refractivity contribution in [1.29, 1.82) is 0 Å². The lowest BCUT2D eigenvalue weighted by atomic mass is 10.0. The number of carbonyl (C=O) groups is 1. The van der Waals surface area contributed by atoms with Gasteiger partial charge in [-0.05, 0) is 39.5 Å². The second kappa shape index (κ2) is 7.64. The highest BCUT2D eigenvalue weighted by molar-refractivity contribution is 7.88. The van der Waals surface area contributed by atoms with Crippen molar-refractivity contribution in [3.8, 4) is 0 Å². The Hall–Kier alpha value is -1.08. The zero-order chi connectivity index (χ0) is 16.0. The summed E-state index contributed by atoms with van der Waals surface area (Å²) >= 11 is 0. The summed E-state index contributed by atoms with van der Waals surface area (Å²) in [6.07, 6.45) is 1.86. The van der Waals surface area contributed by atoms with Crippen LogP contribution in [0.2, 0.25) is 0 Å². The number of rotatable bonds is 6. The molecule has 7 heteroatoms. The zero-order valence-electron chi connectivity index (χ0n) is 12.7. The Bertz CT molecular complexity index is 434. The van der Waals surface area contributed by atoms with E-state index >= 15 is 0 Å². The third-order valence-electron chi connectivity index (χ3n) is 2.23. The number of amides is 1. The van der Waals surface area contributed by atoms with Crippen LogP contribution in [0.5, 0.6) is 0 Å². The lowest BCUT2D eigenvalue weighted by Gasteiger charge is -2.22. The van der Waals surface area contributed by atoms with Gasteiger partial charge < -0.3 is 14.6 Å². The molecule has 20 heavy (non-hydrogen) atoms. The lowest BCUT2D eigenvalue weighted by Crippen LogP contribution is -2.38. The molecule has 1 N–H and O–H groups in total. The van der Waals surface area contributed by atoms with Gasteiger partial charge in [0.2, 0.25) is 0 Å². The lowest BCUT2D eigenvalue weighted by molar-refractivity contribution is 0.0511. The van der Waals surface area contributed by atoms with Gasteiger partial charge in [0.05, 0.1) is 6.04 Å². The first-order chi connectivity index (χ1) is 8.89. The fourth-order valence-electron chi connectivity index (χ4n) is 1.38. The molecule has 0 saturated heterocycles. The van der Waals surface area contributed by atoms with Crippen molar-refractivity contribution in [3.63, 3.8) is 0 Å². The summed E-state index contributed by atoms with van der Waals surface area (Å²) in [5, 5.41) is 3.12. The molecule has 0 radical (unpaired) electrons. The van der Waals surface area contributed by atoms with Crippen molar-refractivity contribution in [2.45, 2.75) is 59.1 Å². The first kappa shape index (κ1) is 18.9. The summed E-state index contributed by atoms with van der Waals surface area (Å²) in [5.74, 6) is 0.398. The Morgan fingerprint density at radius 2 is 1.85 bits per heavy atom. The molecule has 0 aliphatic heterocycles. The molecule has 1 unspecified atom stereocenters. The maximum Gasteiger partial charge on any atom is 0.408 e. The molecule has 0 heterocycles. The average molecular weight is 306 g/mol. The van der Waals surface area contributed by atoms with E-state index in [9.17, 15) is 17.8 Å². The largest absolute Gasteiger partial charge is 0.744 e. The quantitative estimate of drug-likeness (QED) is 0.760. The molecule has 1 atom stereocenters. The summed E-state index contributed by atoms with van der Waals surface area (Å²) in [7, 11) is -4.45. The number of alkyl carbamates (subject to hydrolysis) is 1. The molecule has 0 aromatic heterocycles. The van der Waals surface area contributed by atoms with E-state index in [1.54, 1.807) is 20.8 Å². The standard InChI is InChI=1S/C13H25NO5S/c1-10(2)6-7-11(8-9-20(16,17)18)14-12(15)19-13(3,4)5/h8-11H,6-7H2,1-5H3,(H,14,15)(H,16,17,18)/p-1/b9-8+. The van der Waals surface area contributed by atoms with Gasteiger partial charge >= 0.3 is 6.09 Å². The van der Waals surface area contributed by atoms with Gasteiger partial charge in [0.15, 0.2) is 0 Å². The molecule has 0 bridgehead atoms. The Morgan fingerprint density at radius 3 is 2.25 bits per heavy atom. The van der Waals surface area contributed by atoms with E-state index in [4.69, 9.17) is 4.74 Å². The number of ether oxygens (including phenoxy) is 1. The summed E-state index contributed by atoms with van der Waals surface area (Å²) < 4.78 is 36.9. The van der Waals surface area contributed by atoms with Crippen LogP contribution >= 0.6 is 0 Å². The fourth-order valence-corrected chi connectivity index (χ4v) is 1.76. The fraction of sp³-hybridized carbons (Fsp3) is 0.769. The second-order valence-electron chi connectivity index (χ2n) is 6.05. The number of carbonyl (C=O) groups excluding carboxylic acids is 1. The van der Waals surface area contributed by atoms with Crippen LogP contribution in [0.4, 0.5) is 4.79 Å². The van der Waals surface area contributed by atoms with Crippen LogP contribution in [-0.2, 0) is 14.9 Å². The van der Waals surface area contributed by atoms with Gasteiger partial charge in [0, 0.05) is 5.41 Å². The second-order valence-corrected chi connectivity index (χ2v) is 7.30. The predicted octanol–water partition coefficient (Wildman–Crippen LogP) is 2.37. The number of hydrogen-bond donors (Lipinski definition) is 1. The van der Waals surface area contributed by atoms with Gasteiger partial charge in [-0.1, -0.05) is 19.9 Å². The van der Waals surface area contributed by atoms with Gasteiger partial charge in [-0.25, -0.2) is 13.2 Å². The Kier molecular flexibility index (Phi) is 7.22. The van der Waals surface area contributed by atoms with Crippen molar-refractivity contribution in [2.24, 2.45) is 5.92 Å². The van der Waals surface area contributed by atoms with E-state index in [0.29, 0.717) is 17.7 Å². The molecule has 0 saturated carbocycles. The summed E-state index contributed by atoms with van der Waals surface area (Å²) in [6.45, 7) is 9.21. The number of hydrogen-bond acceptors (Lipinski definition) is 5. The van der Waals surface area contributed by atoms with E-state index in [1.807, 2.05) is 13.8 Å². The van der Waals surface area contributed by atoms with Crippen molar-refractivity contribution in [2.75, 3.05) is 0 Å². The maximum atomic E-state index is 11.6. The molecule has 0 fully saturated rings. The van der Waals surface area contributed by atoms with E-state index in [-0.39, 0.29) is 0 Å². The molecule has 0 aromatic rings. The van der Waals surface area contributed by atoms with Gasteiger partial charge in [0.1, 0.15) is 15.7 Å². The summed E-state index contributed by atoms with van der Waals surface area (Å²) in [6, 6.07) is -0.545. The smallest absolute Gasteiger partial charge is 0.408 e. The highest BCUT2D eigenvalue weighted by Crippen LogP contribution is 2.11. The highest BCUT2D eigenvalue weighted by Gasteiger charge is 2.18. The SMILES string of the molecule is CC(C)CCC(/C=C/S(=O)(=O)[O-])NC(=O)OC(C)(C)C. The van der Waals surface area contributed by atoms with Crippen LogP contribution in [-0.4, -0.2) is 30.7 Å². The molecule has 6 nitrogen and oxygen atoms in total. The van der Waals surface area contributed by atoms with Crippen LogP contribution in [0.25, 0.3) is 0 Å². The first-order valence-corrected chi connectivity index (χ1v) is 8.00. The van der Waals surface area contributed by atoms with Gasteiger partial charge in [-0.3, -0.25) is 0 Å². The minimum atomic E-state index is -4.45. The molecule has 0 rings (SSSR count). The predicted molar refractivity (Wildman–Crippen MR) is 76.1 cm³/mol. The first-order valence-electron chi connectivity index (χ1n) is 6.52. The molecular formula is C13H24NO5S-. The van der Waals surface area contributed by atoms with Crippen molar-refractivity contribution in [3.05, 3.63) is 11.5 Å². The molecular weight excluding hydrogens is 282 g/mol. The molecule has 0 aliphatic rings. The Balaban J connectivity index is 4.68. The van der Waals surface area contributed by atoms with Crippen LogP contribution in [0.1, 0.15) is 47.5 Å². The third kappa shape index (κ3) is 12.0. The van der Waals surface area contributed by atoms with Crippen molar-refractivity contribution in [1.82, 2.24) is 5.32 Å². The zero-order valence-corrected chi connectivity index (χ0v) is 13.5. The molecule has 118 valence electrons. The normalized spacial score (nSPS) is 14.6. The topological polar surface area (TPSA) is 95.5 Å². The minimum absolute atomic E-state index is 0.398. The average Bonchev–Trinajstić information content (AvgIpc) is 2.17. The van der Waals surface area contributed by atoms with Crippen LogP contribution in [0.15, 0.2) is 11.5 Å². The van der Waals surface area contributed by atoms with E-state index in [1.165, 1.54) is 6.08 Å². The van der Waals surface area contributed by atoms with Crippen LogP contribution < -0.4 is 5.32 Å². The van der Waals surface area contributed by atoms with Crippen molar-refractivity contribution >= 4 is 16.2 Å². The van der Waals surface area contributed by atoms with E-state index in [0.717, 1.165) is 6.42 Å². The van der Waals surface area contributed by atoms with E-state index in [2.05, 4.69) is 5.32 Å². The summed E-state index contributed by atoms with van der Waals surface area (Å²) in [5.41, 5.74) is -0.638.